The Morgan fingerprint density at radius 1 is 1.08 bits per heavy atom. The van der Waals surface area contributed by atoms with Crippen LogP contribution in [0.25, 0.3) is 16.7 Å². The summed E-state index contributed by atoms with van der Waals surface area (Å²) in [4.78, 5) is 12.8. The van der Waals surface area contributed by atoms with Crippen LogP contribution in [0.4, 0.5) is 5.82 Å². The Kier molecular flexibility index (Phi) is 3.89. The van der Waals surface area contributed by atoms with Gasteiger partial charge in [-0.05, 0) is 18.6 Å². The molecule has 0 amide bonds. The number of aromatic nitrogens is 6. The lowest BCUT2D eigenvalue weighted by Crippen LogP contribution is -2.07. The highest BCUT2D eigenvalue weighted by atomic mass is 15.3. The van der Waals surface area contributed by atoms with Crippen molar-refractivity contribution in [1.29, 1.82) is 0 Å². The minimum absolute atomic E-state index is 0.799. The van der Waals surface area contributed by atoms with E-state index in [4.69, 9.17) is 0 Å². The van der Waals surface area contributed by atoms with E-state index in [-0.39, 0.29) is 0 Å². The summed E-state index contributed by atoms with van der Waals surface area (Å²) in [7, 11) is 0. The molecule has 0 fully saturated rings. The van der Waals surface area contributed by atoms with Gasteiger partial charge in [-0.2, -0.15) is 5.10 Å². The van der Waals surface area contributed by atoms with Gasteiger partial charge in [-0.15, -0.1) is 0 Å². The number of imidazole rings is 1. The zero-order valence-electron chi connectivity index (χ0n) is 13.1. The zero-order valence-corrected chi connectivity index (χ0v) is 13.1. The Balaban J connectivity index is 1.51. The smallest absolute Gasteiger partial charge is 0.168 e. The van der Waals surface area contributed by atoms with Crippen LogP contribution in [-0.2, 0) is 6.54 Å². The normalized spacial score (nSPS) is 11.0. The van der Waals surface area contributed by atoms with E-state index < -0.39 is 0 Å². The van der Waals surface area contributed by atoms with Gasteiger partial charge in [0, 0.05) is 25.5 Å². The first kappa shape index (κ1) is 14.4. The van der Waals surface area contributed by atoms with Crippen LogP contribution in [0.2, 0.25) is 0 Å². The highest BCUT2D eigenvalue weighted by Gasteiger charge is 2.10. The van der Waals surface area contributed by atoms with Crippen LogP contribution in [-0.4, -0.2) is 35.8 Å². The molecule has 0 radical (unpaired) electrons. The van der Waals surface area contributed by atoms with Crippen molar-refractivity contribution in [1.82, 2.24) is 29.3 Å². The van der Waals surface area contributed by atoms with E-state index in [1.54, 1.807) is 18.7 Å². The second-order valence-electron chi connectivity index (χ2n) is 5.43. The minimum atomic E-state index is 0.799. The monoisotopic (exact) mass is 319 g/mol. The largest absolute Gasteiger partial charge is 0.369 e. The summed E-state index contributed by atoms with van der Waals surface area (Å²) in [5.74, 6) is 0.813. The predicted molar refractivity (Wildman–Crippen MR) is 92.0 cm³/mol. The molecule has 7 nitrogen and oxygen atoms in total. The second kappa shape index (κ2) is 6.49. The van der Waals surface area contributed by atoms with Crippen LogP contribution in [0, 0.1) is 0 Å². The van der Waals surface area contributed by atoms with Crippen molar-refractivity contribution in [3.8, 4) is 5.69 Å². The Hall–Kier alpha value is -3.22. The third-order valence-electron chi connectivity index (χ3n) is 3.81. The van der Waals surface area contributed by atoms with Gasteiger partial charge >= 0.3 is 0 Å². The first-order valence-corrected chi connectivity index (χ1v) is 7.85. The summed E-state index contributed by atoms with van der Waals surface area (Å²) in [6.07, 6.45) is 9.94. The molecular formula is C17H17N7. The number of hydrogen-bond donors (Lipinski definition) is 1. The number of rotatable bonds is 6. The van der Waals surface area contributed by atoms with Gasteiger partial charge in [-0.3, -0.25) is 0 Å². The third-order valence-corrected chi connectivity index (χ3v) is 3.81. The maximum atomic E-state index is 4.46. The maximum absolute atomic E-state index is 4.46. The van der Waals surface area contributed by atoms with Crippen LogP contribution in [0.3, 0.4) is 0 Å². The topological polar surface area (TPSA) is 73.5 Å². The SMILES string of the molecule is c1ccc(-n2ncc3c(NCCCn4ccnc4)ncnc32)cc1. The zero-order chi connectivity index (χ0) is 16.2. The van der Waals surface area contributed by atoms with Crippen LogP contribution >= 0.6 is 0 Å². The average Bonchev–Trinajstić information content (AvgIpc) is 3.29. The van der Waals surface area contributed by atoms with Gasteiger partial charge in [-0.1, -0.05) is 18.2 Å². The van der Waals surface area contributed by atoms with Gasteiger partial charge in [0.15, 0.2) is 5.65 Å². The molecule has 4 rings (SSSR count). The number of fused-ring (bicyclic) bond motifs is 1. The average molecular weight is 319 g/mol. The van der Waals surface area contributed by atoms with Crippen molar-refractivity contribution in [2.45, 2.75) is 13.0 Å². The van der Waals surface area contributed by atoms with E-state index in [1.807, 2.05) is 47.5 Å². The Morgan fingerprint density at radius 2 is 2.00 bits per heavy atom. The van der Waals surface area contributed by atoms with E-state index in [2.05, 4.69) is 29.9 Å². The number of aryl methyl sites for hydroxylation is 1. The van der Waals surface area contributed by atoms with Crippen LogP contribution in [0.15, 0.2) is 61.6 Å². The molecule has 1 aromatic carbocycles. The van der Waals surface area contributed by atoms with Crippen molar-refractivity contribution in [3.05, 3.63) is 61.6 Å². The highest BCUT2D eigenvalue weighted by Crippen LogP contribution is 2.21. The number of para-hydroxylation sites is 1. The van der Waals surface area contributed by atoms with Gasteiger partial charge in [0.05, 0.1) is 23.6 Å². The van der Waals surface area contributed by atoms with Gasteiger partial charge in [0.1, 0.15) is 12.1 Å². The van der Waals surface area contributed by atoms with Gasteiger partial charge in [-0.25, -0.2) is 19.6 Å². The number of hydrogen-bond acceptors (Lipinski definition) is 5. The fraction of sp³-hybridized carbons (Fsp3) is 0.176. The molecule has 1 N–H and O–H groups in total. The van der Waals surface area contributed by atoms with Gasteiger partial charge in [0.25, 0.3) is 0 Å². The van der Waals surface area contributed by atoms with Crippen molar-refractivity contribution in [2.75, 3.05) is 11.9 Å². The van der Waals surface area contributed by atoms with E-state index in [0.717, 1.165) is 42.0 Å². The lowest BCUT2D eigenvalue weighted by Gasteiger charge is -2.07. The van der Waals surface area contributed by atoms with Crippen molar-refractivity contribution in [3.63, 3.8) is 0 Å². The fourth-order valence-corrected chi connectivity index (χ4v) is 2.63. The van der Waals surface area contributed by atoms with E-state index in [9.17, 15) is 0 Å². The number of anilines is 1. The summed E-state index contributed by atoms with van der Waals surface area (Å²) in [6.45, 7) is 1.74. The summed E-state index contributed by atoms with van der Waals surface area (Å²) < 4.78 is 3.89. The quantitative estimate of drug-likeness (QED) is 0.553. The summed E-state index contributed by atoms with van der Waals surface area (Å²) in [5.41, 5.74) is 1.78. The van der Waals surface area contributed by atoms with Crippen molar-refractivity contribution in [2.24, 2.45) is 0 Å². The summed E-state index contributed by atoms with van der Waals surface area (Å²) >= 11 is 0. The number of benzene rings is 1. The predicted octanol–water partition coefficient (Wildman–Crippen LogP) is 2.51. The first-order valence-electron chi connectivity index (χ1n) is 7.85. The fourth-order valence-electron chi connectivity index (χ4n) is 2.63. The van der Waals surface area contributed by atoms with E-state index in [0.29, 0.717) is 0 Å². The molecule has 0 saturated heterocycles. The Labute approximate surface area is 139 Å². The van der Waals surface area contributed by atoms with Crippen molar-refractivity contribution >= 4 is 16.9 Å². The van der Waals surface area contributed by atoms with Crippen LogP contribution in [0.5, 0.6) is 0 Å². The van der Waals surface area contributed by atoms with Crippen molar-refractivity contribution < 1.29 is 0 Å². The standard InChI is InChI=1S/C17H17N7/c1-2-5-14(6-3-1)24-17-15(11-22-24)16(20-12-21-17)19-7-4-9-23-10-8-18-13-23/h1-3,5-6,8,10-13H,4,7,9H2,(H,19,20,21). The molecular weight excluding hydrogens is 302 g/mol. The molecule has 3 heterocycles. The Morgan fingerprint density at radius 3 is 2.83 bits per heavy atom. The molecule has 120 valence electrons. The van der Waals surface area contributed by atoms with Crippen LogP contribution < -0.4 is 5.32 Å². The number of nitrogens with one attached hydrogen (secondary N) is 1. The third kappa shape index (κ3) is 2.83. The Bertz CT molecular complexity index is 913. The molecule has 3 aromatic heterocycles. The molecule has 0 saturated carbocycles. The molecule has 7 heteroatoms. The molecule has 0 aliphatic carbocycles. The molecule has 0 unspecified atom stereocenters. The minimum Gasteiger partial charge on any atom is -0.369 e. The molecule has 24 heavy (non-hydrogen) atoms. The molecule has 0 aliphatic rings. The molecule has 0 atom stereocenters. The van der Waals surface area contributed by atoms with E-state index in [1.165, 1.54) is 0 Å². The van der Waals surface area contributed by atoms with E-state index >= 15 is 0 Å². The summed E-state index contributed by atoms with van der Waals surface area (Å²) in [5, 5.41) is 8.75. The second-order valence-corrected chi connectivity index (χ2v) is 5.43. The van der Waals surface area contributed by atoms with Crippen LogP contribution in [0.1, 0.15) is 6.42 Å². The first-order chi connectivity index (χ1) is 11.9. The van der Waals surface area contributed by atoms with Gasteiger partial charge < -0.3 is 9.88 Å². The lowest BCUT2D eigenvalue weighted by molar-refractivity contribution is 0.660. The maximum Gasteiger partial charge on any atom is 0.168 e. The molecule has 0 bridgehead atoms. The van der Waals surface area contributed by atoms with Gasteiger partial charge in [0.2, 0.25) is 0 Å². The molecule has 4 aromatic rings. The molecule has 0 spiro atoms. The number of nitrogens with zero attached hydrogens (tertiary/aromatic N) is 6. The summed E-state index contributed by atoms with van der Waals surface area (Å²) in [6, 6.07) is 9.97. The lowest BCUT2D eigenvalue weighted by atomic mass is 10.3. The molecule has 0 aliphatic heterocycles. The highest BCUT2D eigenvalue weighted by molar-refractivity contribution is 5.87.